The van der Waals surface area contributed by atoms with E-state index < -0.39 is 6.03 Å². The van der Waals surface area contributed by atoms with E-state index in [1.807, 2.05) is 6.08 Å². The summed E-state index contributed by atoms with van der Waals surface area (Å²) < 4.78 is 0. The summed E-state index contributed by atoms with van der Waals surface area (Å²) in [5.74, 6) is 0. The Morgan fingerprint density at radius 3 is 3.08 bits per heavy atom. The molecule has 0 aliphatic heterocycles. The Balaban J connectivity index is 2.66. The molecule has 2 amide bonds. The third-order valence-electron chi connectivity index (χ3n) is 1.56. The van der Waals surface area contributed by atoms with Gasteiger partial charge >= 0.3 is 6.03 Å². The van der Waals surface area contributed by atoms with Gasteiger partial charge in [-0.2, -0.15) is 0 Å². The number of primary amides is 1. The molecule has 0 unspecified atom stereocenters. The average molecular weight is 165 g/mol. The van der Waals surface area contributed by atoms with Crippen LogP contribution in [0.1, 0.15) is 12.8 Å². The molecule has 64 valence electrons. The molecule has 4 heteroatoms. The summed E-state index contributed by atoms with van der Waals surface area (Å²) in [6, 6.07) is -0.536. The molecular formula is C8H11N3O. The van der Waals surface area contributed by atoms with Gasteiger partial charge in [-0.25, -0.2) is 4.79 Å². The van der Waals surface area contributed by atoms with E-state index in [-0.39, 0.29) is 0 Å². The van der Waals surface area contributed by atoms with Crippen molar-refractivity contribution in [2.24, 2.45) is 10.7 Å². The van der Waals surface area contributed by atoms with Gasteiger partial charge in [-0.3, -0.25) is 4.99 Å². The fourth-order valence-corrected chi connectivity index (χ4v) is 1.05. The largest absolute Gasteiger partial charge is 0.351 e. The molecule has 1 rings (SSSR count). The fourth-order valence-electron chi connectivity index (χ4n) is 1.05. The topological polar surface area (TPSA) is 67.5 Å². The van der Waals surface area contributed by atoms with Gasteiger partial charge in [0.1, 0.15) is 0 Å². The van der Waals surface area contributed by atoms with E-state index in [2.05, 4.69) is 17.0 Å². The Morgan fingerprint density at radius 2 is 2.50 bits per heavy atom. The Hall–Kier alpha value is -1.58. The maximum atomic E-state index is 10.5. The number of rotatable bonds is 2. The number of hydrogen-bond donors (Lipinski definition) is 2. The van der Waals surface area contributed by atoms with E-state index in [0.29, 0.717) is 0 Å². The van der Waals surface area contributed by atoms with Crippen LogP contribution in [0.3, 0.4) is 0 Å². The molecule has 0 bridgehead atoms. The van der Waals surface area contributed by atoms with Crippen molar-refractivity contribution in [2.75, 3.05) is 0 Å². The molecule has 0 atom stereocenters. The summed E-state index contributed by atoms with van der Waals surface area (Å²) in [4.78, 5) is 14.2. The second kappa shape index (κ2) is 3.71. The summed E-state index contributed by atoms with van der Waals surface area (Å²) >= 11 is 0. The Labute approximate surface area is 70.9 Å². The van der Waals surface area contributed by atoms with Crippen molar-refractivity contribution in [1.82, 2.24) is 5.32 Å². The molecule has 1 aliphatic carbocycles. The molecule has 0 saturated heterocycles. The fraction of sp³-hybridized carbons (Fsp3) is 0.250. The minimum atomic E-state index is -0.536. The van der Waals surface area contributed by atoms with E-state index in [0.717, 1.165) is 24.2 Å². The molecule has 12 heavy (non-hydrogen) atoms. The lowest BCUT2D eigenvalue weighted by atomic mass is 10.1. The lowest BCUT2D eigenvalue weighted by molar-refractivity contribution is 0.251. The van der Waals surface area contributed by atoms with E-state index in [1.165, 1.54) is 0 Å². The SMILES string of the molecule is C=NC1=CCCC(NC(N)=O)=C1. The highest BCUT2D eigenvalue weighted by Gasteiger charge is 2.04. The van der Waals surface area contributed by atoms with Gasteiger partial charge in [0.15, 0.2) is 0 Å². The molecule has 0 heterocycles. The molecule has 0 aromatic carbocycles. The molecule has 0 aromatic heterocycles. The second-order valence-corrected chi connectivity index (χ2v) is 2.48. The third kappa shape index (κ3) is 2.23. The van der Waals surface area contributed by atoms with Gasteiger partial charge in [-0.15, -0.1) is 0 Å². The van der Waals surface area contributed by atoms with Crippen LogP contribution < -0.4 is 11.1 Å². The number of nitrogens with zero attached hydrogens (tertiary/aromatic N) is 1. The number of aliphatic imine (C=N–C) groups is 1. The molecule has 3 N–H and O–H groups in total. The van der Waals surface area contributed by atoms with Crippen LogP contribution in [0.4, 0.5) is 4.79 Å². The molecule has 0 saturated carbocycles. The minimum absolute atomic E-state index is 0.536. The normalized spacial score (nSPS) is 16.0. The van der Waals surface area contributed by atoms with Crippen LogP contribution in [-0.4, -0.2) is 12.7 Å². The zero-order valence-electron chi connectivity index (χ0n) is 6.71. The lowest BCUT2D eigenvalue weighted by Gasteiger charge is -2.10. The minimum Gasteiger partial charge on any atom is -0.351 e. The van der Waals surface area contributed by atoms with E-state index in [1.54, 1.807) is 6.08 Å². The number of nitrogens with two attached hydrogens (primary N) is 1. The molecule has 0 spiro atoms. The first-order chi connectivity index (χ1) is 5.72. The lowest BCUT2D eigenvalue weighted by Crippen LogP contribution is -2.29. The molecule has 0 fully saturated rings. The summed E-state index contributed by atoms with van der Waals surface area (Å²) in [6.07, 6.45) is 5.38. The van der Waals surface area contributed by atoms with Gasteiger partial charge in [0.25, 0.3) is 0 Å². The predicted molar refractivity (Wildman–Crippen MR) is 47.7 cm³/mol. The van der Waals surface area contributed by atoms with Gasteiger partial charge < -0.3 is 11.1 Å². The average Bonchev–Trinajstić information content (AvgIpc) is 2.03. The van der Waals surface area contributed by atoms with Crippen molar-refractivity contribution in [1.29, 1.82) is 0 Å². The third-order valence-corrected chi connectivity index (χ3v) is 1.56. The van der Waals surface area contributed by atoms with Gasteiger partial charge in [0, 0.05) is 5.70 Å². The molecule has 1 aliphatic rings. The van der Waals surface area contributed by atoms with Crippen LogP contribution in [0.15, 0.2) is 28.5 Å². The zero-order valence-corrected chi connectivity index (χ0v) is 6.71. The van der Waals surface area contributed by atoms with Crippen molar-refractivity contribution in [2.45, 2.75) is 12.8 Å². The highest BCUT2D eigenvalue weighted by atomic mass is 16.2. The Morgan fingerprint density at radius 1 is 1.75 bits per heavy atom. The van der Waals surface area contributed by atoms with Gasteiger partial charge in [0.2, 0.25) is 0 Å². The van der Waals surface area contributed by atoms with Crippen molar-refractivity contribution < 1.29 is 4.79 Å². The van der Waals surface area contributed by atoms with E-state index in [9.17, 15) is 4.79 Å². The zero-order chi connectivity index (χ0) is 8.97. The first-order valence-electron chi connectivity index (χ1n) is 3.66. The second-order valence-electron chi connectivity index (χ2n) is 2.48. The number of hydrogen-bond acceptors (Lipinski definition) is 2. The molecule has 0 aromatic rings. The highest BCUT2D eigenvalue weighted by Crippen LogP contribution is 2.15. The van der Waals surface area contributed by atoms with E-state index in [4.69, 9.17) is 5.73 Å². The summed E-state index contributed by atoms with van der Waals surface area (Å²) in [5, 5.41) is 2.52. The van der Waals surface area contributed by atoms with Crippen LogP contribution in [-0.2, 0) is 0 Å². The number of amides is 2. The van der Waals surface area contributed by atoms with Crippen LogP contribution in [0.5, 0.6) is 0 Å². The maximum Gasteiger partial charge on any atom is 0.316 e. The molecular weight excluding hydrogens is 154 g/mol. The maximum absolute atomic E-state index is 10.5. The number of allylic oxidation sites excluding steroid dienone is 3. The predicted octanol–water partition coefficient (Wildman–Crippen LogP) is 0.917. The molecule has 4 nitrogen and oxygen atoms in total. The summed E-state index contributed by atoms with van der Waals surface area (Å²) in [5.41, 5.74) is 6.53. The van der Waals surface area contributed by atoms with Crippen LogP contribution >= 0.6 is 0 Å². The Bertz CT molecular complexity index is 265. The number of urea groups is 1. The van der Waals surface area contributed by atoms with Crippen molar-refractivity contribution >= 4 is 12.7 Å². The van der Waals surface area contributed by atoms with Gasteiger partial charge in [-0.05, 0) is 25.6 Å². The summed E-state index contributed by atoms with van der Waals surface area (Å²) in [6.45, 7) is 3.39. The number of carbonyl (C=O) groups is 1. The van der Waals surface area contributed by atoms with E-state index >= 15 is 0 Å². The summed E-state index contributed by atoms with van der Waals surface area (Å²) in [7, 11) is 0. The van der Waals surface area contributed by atoms with Crippen molar-refractivity contribution in [3.63, 3.8) is 0 Å². The standard InChI is InChI=1S/C8H11N3O/c1-10-6-3-2-4-7(5-6)11-8(9)12/h3,5H,1-2,4H2,(H3,9,11,12). The first kappa shape index (κ1) is 8.52. The van der Waals surface area contributed by atoms with Crippen molar-refractivity contribution in [3.8, 4) is 0 Å². The smallest absolute Gasteiger partial charge is 0.316 e. The first-order valence-corrected chi connectivity index (χ1v) is 3.66. The molecule has 0 radical (unpaired) electrons. The quantitative estimate of drug-likeness (QED) is 0.587. The number of nitrogens with one attached hydrogen (secondary N) is 1. The Kier molecular flexibility index (Phi) is 2.63. The van der Waals surface area contributed by atoms with Crippen LogP contribution in [0, 0.1) is 0 Å². The monoisotopic (exact) mass is 165 g/mol. The van der Waals surface area contributed by atoms with Gasteiger partial charge in [-0.1, -0.05) is 6.08 Å². The highest BCUT2D eigenvalue weighted by molar-refractivity contribution is 5.73. The van der Waals surface area contributed by atoms with Crippen molar-refractivity contribution in [3.05, 3.63) is 23.5 Å². The number of carbonyl (C=O) groups excluding carboxylic acids is 1. The van der Waals surface area contributed by atoms with Crippen LogP contribution in [0.25, 0.3) is 0 Å². The van der Waals surface area contributed by atoms with Crippen LogP contribution in [0.2, 0.25) is 0 Å². The van der Waals surface area contributed by atoms with Gasteiger partial charge in [0.05, 0.1) is 5.70 Å².